The lowest BCUT2D eigenvalue weighted by molar-refractivity contribution is -0.0269. The first-order chi connectivity index (χ1) is 7.05. The van der Waals surface area contributed by atoms with Gasteiger partial charge in [-0.2, -0.15) is 0 Å². The van der Waals surface area contributed by atoms with E-state index in [1.165, 1.54) is 0 Å². The maximum atomic E-state index is 5.79. The lowest BCUT2D eigenvalue weighted by Gasteiger charge is -2.24. The fraction of sp³-hybridized carbons (Fsp3) is 1.00. The molecule has 0 bridgehead atoms. The Labute approximate surface area is 94.5 Å². The molecule has 1 atom stereocenters. The SMILES string of the molecule is CCNCC(CC)OCCC(C)(C)OC. The van der Waals surface area contributed by atoms with Crippen molar-refractivity contribution in [3.63, 3.8) is 0 Å². The normalized spacial score (nSPS) is 14.2. The third-order valence-electron chi connectivity index (χ3n) is 2.69. The second kappa shape index (κ2) is 8.08. The van der Waals surface area contributed by atoms with Crippen molar-refractivity contribution >= 4 is 0 Å². The molecule has 0 saturated carbocycles. The van der Waals surface area contributed by atoms with Gasteiger partial charge >= 0.3 is 0 Å². The monoisotopic (exact) mass is 217 g/mol. The average Bonchev–Trinajstić information content (AvgIpc) is 2.23. The first kappa shape index (κ1) is 14.9. The molecule has 0 radical (unpaired) electrons. The Kier molecular flexibility index (Phi) is 8.02. The largest absolute Gasteiger partial charge is 0.379 e. The predicted octanol–water partition coefficient (Wildman–Crippen LogP) is 2.21. The summed E-state index contributed by atoms with van der Waals surface area (Å²) in [5.74, 6) is 0. The Hall–Kier alpha value is -0.120. The minimum Gasteiger partial charge on any atom is -0.379 e. The molecular formula is C12H27NO2. The topological polar surface area (TPSA) is 30.5 Å². The lowest BCUT2D eigenvalue weighted by atomic mass is 10.1. The zero-order valence-electron chi connectivity index (χ0n) is 10.9. The number of methoxy groups -OCH3 is 1. The van der Waals surface area contributed by atoms with Gasteiger partial charge in [0.2, 0.25) is 0 Å². The van der Waals surface area contributed by atoms with Gasteiger partial charge in [0, 0.05) is 20.3 Å². The molecule has 0 fully saturated rings. The zero-order chi connectivity index (χ0) is 11.7. The molecule has 3 nitrogen and oxygen atoms in total. The van der Waals surface area contributed by atoms with Crippen LogP contribution >= 0.6 is 0 Å². The van der Waals surface area contributed by atoms with Crippen molar-refractivity contribution in [1.82, 2.24) is 5.32 Å². The molecule has 15 heavy (non-hydrogen) atoms. The van der Waals surface area contributed by atoms with Crippen molar-refractivity contribution in [3.05, 3.63) is 0 Å². The first-order valence-corrected chi connectivity index (χ1v) is 5.93. The van der Waals surface area contributed by atoms with Crippen LogP contribution in [0.15, 0.2) is 0 Å². The summed E-state index contributed by atoms with van der Waals surface area (Å²) in [6, 6.07) is 0. The van der Waals surface area contributed by atoms with Crippen LogP contribution in [0.5, 0.6) is 0 Å². The Bertz CT molecular complexity index is 149. The third kappa shape index (κ3) is 7.77. The van der Waals surface area contributed by atoms with Gasteiger partial charge in [0.15, 0.2) is 0 Å². The quantitative estimate of drug-likeness (QED) is 0.642. The highest BCUT2D eigenvalue weighted by molar-refractivity contribution is 4.68. The Morgan fingerprint density at radius 1 is 1.27 bits per heavy atom. The van der Waals surface area contributed by atoms with Gasteiger partial charge in [0.25, 0.3) is 0 Å². The van der Waals surface area contributed by atoms with E-state index in [1.807, 2.05) is 0 Å². The standard InChI is InChI=1S/C12H27NO2/c1-6-11(10-13-7-2)15-9-8-12(3,4)14-5/h11,13H,6-10H2,1-5H3. The highest BCUT2D eigenvalue weighted by Gasteiger charge is 2.16. The molecule has 0 aliphatic rings. The number of hydrogen-bond acceptors (Lipinski definition) is 3. The molecule has 0 aliphatic heterocycles. The summed E-state index contributed by atoms with van der Waals surface area (Å²) in [5.41, 5.74) is -0.0729. The zero-order valence-corrected chi connectivity index (χ0v) is 10.9. The second-order valence-corrected chi connectivity index (χ2v) is 4.42. The van der Waals surface area contributed by atoms with Gasteiger partial charge in [-0.3, -0.25) is 0 Å². The highest BCUT2D eigenvalue weighted by Crippen LogP contribution is 2.13. The van der Waals surface area contributed by atoms with E-state index in [4.69, 9.17) is 9.47 Å². The Morgan fingerprint density at radius 3 is 2.40 bits per heavy atom. The van der Waals surface area contributed by atoms with Crippen LogP contribution in [-0.2, 0) is 9.47 Å². The minimum atomic E-state index is -0.0729. The van der Waals surface area contributed by atoms with E-state index in [-0.39, 0.29) is 5.60 Å². The predicted molar refractivity (Wildman–Crippen MR) is 64.3 cm³/mol. The lowest BCUT2D eigenvalue weighted by Crippen LogP contribution is -2.31. The van der Waals surface area contributed by atoms with Crippen molar-refractivity contribution in [2.24, 2.45) is 0 Å². The molecule has 0 rings (SSSR count). The van der Waals surface area contributed by atoms with Gasteiger partial charge in [-0.15, -0.1) is 0 Å². The van der Waals surface area contributed by atoms with Crippen LogP contribution in [0.2, 0.25) is 0 Å². The molecule has 3 heteroatoms. The number of hydrogen-bond donors (Lipinski definition) is 1. The molecular weight excluding hydrogens is 190 g/mol. The maximum absolute atomic E-state index is 5.79. The molecule has 1 unspecified atom stereocenters. The van der Waals surface area contributed by atoms with E-state index in [0.717, 1.165) is 32.5 Å². The number of likely N-dealkylation sites (N-methyl/N-ethyl adjacent to an activating group) is 1. The third-order valence-corrected chi connectivity index (χ3v) is 2.69. The molecule has 0 aromatic rings. The molecule has 0 aromatic heterocycles. The molecule has 0 spiro atoms. The summed E-state index contributed by atoms with van der Waals surface area (Å²) in [7, 11) is 1.75. The maximum Gasteiger partial charge on any atom is 0.0696 e. The molecule has 0 saturated heterocycles. The van der Waals surface area contributed by atoms with Crippen LogP contribution in [0.1, 0.15) is 40.5 Å². The van der Waals surface area contributed by atoms with Crippen LogP contribution in [0.25, 0.3) is 0 Å². The van der Waals surface area contributed by atoms with Crippen LogP contribution < -0.4 is 5.32 Å². The summed E-state index contributed by atoms with van der Waals surface area (Å²) >= 11 is 0. The summed E-state index contributed by atoms with van der Waals surface area (Å²) < 4.78 is 11.1. The second-order valence-electron chi connectivity index (χ2n) is 4.42. The van der Waals surface area contributed by atoms with Crippen molar-refractivity contribution in [2.45, 2.75) is 52.2 Å². The summed E-state index contributed by atoms with van der Waals surface area (Å²) in [6.45, 7) is 11.2. The summed E-state index contributed by atoms with van der Waals surface area (Å²) in [6.07, 6.45) is 2.32. The Morgan fingerprint density at radius 2 is 1.93 bits per heavy atom. The van der Waals surface area contributed by atoms with Gasteiger partial charge in [0.05, 0.1) is 11.7 Å². The van der Waals surface area contributed by atoms with E-state index in [2.05, 4.69) is 33.0 Å². The van der Waals surface area contributed by atoms with Gasteiger partial charge in [-0.1, -0.05) is 13.8 Å². The van der Waals surface area contributed by atoms with Crippen molar-refractivity contribution < 1.29 is 9.47 Å². The summed E-state index contributed by atoms with van der Waals surface area (Å²) in [4.78, 5) is 0. The highest BCUT2D eigenvalue weighted by atomic mass is 16.5. The number of nitrogens with one attached hydrogen (secondary N) is 1. The van der Waals surface area contributed by atoms with Gasteiger partial charge in [0.1, 0.15) is 0 Å². The number of rotatable bonds is 9. The van der Waals surface area contributed by atoms with Crippen molar-refractivity contribution in [2.75, 3.05) is 26.8 Å². The molecule has 0 aromatic carbocycles. The molecule has 0 aliphatic carbocycles. The average molecular weight is 217 g/mol. The van der Waals surface area contributed by atoms with Crippen LogP contribution in [0, 0.1) is 0 Å². The number of ether oxygens (including phenoxy) is 2. The van der Waals surface area contributed by atoms with Gasteiger partial charge in [-0.05, 0) is 33.2 Å². The van der Waals surface area contributed by atoms with Crippen LogP contribution in [0.3, 0.4) is 0 Å². The minimum absolute atomic E-state index is 0.0729. The van der Waals surface area contributed by atoms with E-state index in [1.54, 1.807) is 7.11 Å². The fourth-order valence-electron chi connectivity index (χ4n) is 1.20. The molecule has 0 heterocycles. The van der Waals surface area contributed by atoms with Crippen molar-refractivity contribution in [1.29, 1.82) is 0 Å². The Balaban J connectivity index is 3.62. The molecule has 0 amide bonds. The smallest absolute Gasteiger partial charge is 0.0696 e. The van der Waals surface area contributed by atoms with Gasteiger partial charge < -0.3 is 14.8 Å². The summed E-state index contributed by atoms with van der Waals surface area (Å²) in [5, 5.41) is 3.30. The molecule has 92 valence electrons. The first-order valence-electron chi connectivity index (χ1n) is 5.93. The van der Waals surface area contributed by atoms with E-state index >= 15 is 0 Å². The van der Waals surface area contributed by atoms with Crippen LogP contribution in [-0.4, -0.2) is 38.5 Å². The van der Waals surface area contributed by atoms with Crippen LogP contribution in [0.4, 0.5) is 0 Å². The van der Waals surface area contributed by atoms with E-state index in [9.17, 15) is 0 Å². The van der Waals surface area contributed by atoms with Gasteiger partial charge in [-0.25, -0.2) is 0 Å². The van der Waals surface area contributed by atoms with Crippen molar-refractivity contribution in [3.8, 4) is 0 Å². The molecule has 1 N–H and O–H groups in total. The fourth-order valence-corrected chi connectivity index (χ4v) is 1.20. The van der Waals surface area contributed by atoms with E-state index in [0.29, 0.717) is 6.10 Å². The van der Waals surface area contributed by atoms with E-state index < -0.39 is 0 Å².